The molecule has 0 saturated carbocycles. The van der Waals surface area contributed by atoms with Crippen LogP contribution in [0.5, 0.6) is 46.0 Å². The van der Waals surface area contributed by atoms with Crippen LogP contribution < -0.4 is 48.5 Å². The second kappa shape index (κ2) is 20.3. The normalized spacial score (nSPS) is 13.1. The molecule has 2 N–H and O–H groups in total. The molecule has 0 bridgehead atoms. The molecular formula is C45H53N3O10. The molecule has 1 aromatic heterocycles. The fourth-order valence-corrected chi connectivity index (χ4v) is 6.86. The number of hydrogen-bond acceptors (Lipinski definition) is 12. The molecule has 58 heavy (non-hydrogen) atoms. The van der Waals surface area contributed by atoms with E-state index in [4.69, 9.17) is 42.4 Å². The zero-order valence-corrected chi connectivity index (χ0v) is 34.1. The van der Waals surface area contributed by atoms with Crippen molar-refractivity contribution in [3.05, 3.63) is 83.9 Å². The molecule has 1 aliphatic rings. The summed E-state index contributed by atoms with van der Waals surface area (Å²) < 4.78 is 50.9. The van der Waals surface area contributed by atoms with E-state index in [0.717, 1.165) is 60.9 Å². The maximum Gasteiger partial charge on any atom is 0.255 e. The minimum Gasteiger partial charge on any atom is -0.497 e. The number of carbonyl (C=O) groups excluding carboxylic acids is 1. The van der Waals surface area contributed by atoms with Crippen LogP contribution >= 0.6 is 0 Å². The average Bonchev–Trinajstić information content (AvgIpc) is 3.76. The first-order chi connectivity index (χ1) is 28.4. The minimum atomic E-state index is -0.394. The van der Waals surface area contributed by atoms with Crippen LogP contribution in [0.1, 0.15) is 73.5 Å². The van der Waals surface area contributed by atoms with E-state index in [9.17, 15) is 4.79 Å². The van der Waals surface area contributed by atoms with Crippen LogP contribution in [-0.4, -0.2) is 66.9 Å². The molecular weight excluding hydrogens is 743 g/mol. The summed E-state index contributed by atoms with van der Waals surface area (Å²) in [6.07, 6.45) is 8.36. The lowest BCUT2D eigenvalue weighted by Crippen LogP contribution is -2.38. The Bertz CT molecular complexity index is 2110. The number of nitrogens with one attached hydrogen (secondary N) is 2. The first-order valence-electron chi connectivity index (χ1n) is 19.5. The van der Waals surface area contributed by atoms with Gasteiger partial charge in [-0.3, -0.25) is 4.79 Å². The second-order valence-electron chi connectivity index (χ2n) is 13.8. The van der Waals surface area contributed by atoms with Crippen molar-refractivity contribution in [1.29, 1.82) is 0 Å². The molecule has 1 unspecified atom stereocenters. The minimum absolute atomic E-state index is 0.166. The number of carbonyl (C=O) groups is 1. The number of amides is 1. The lowest BCUT2D eigenvalue weighted by atomic mass is 10.0. The Morgan fingerprint density at radius 1 is 0.552 bits per heavy atom. The smallest absolute Gasteiger partial charge is 0.255 e. The molecule has 6 rings (SSSR count). The highest BCUT2D eigenvalue weighted by Crippen LogP contribution is 2.42. The molecule has 0 radical (unpaired) electrons. The Morgan fingerprint density at radius 2 is 1.17 bits per heavy atom. The van der Waals surface area contributed by atoms with Gasteiger partial charge in [-0.2, -0.15) is 0 Å². The van der Waals surface area contributed by atoms with Crippen LogP contribution in [0.3, 0.4) is 0 Å². The van der Waals surface area contributed by atoms with E-state index in [2.05, 4.69) is 15.8 Å². The highest BCUT2D eigenvalue weighted by Gasteiger charge is 2.26. The van der Waals surface area contributed by atoms with Gasteiger partial charge in [-0.25, -0.2) is 0 Å². The van der Waals surface area contributed by atoms with Crippen molar-refractivity contribution in [2.24, 2.45) is 0 Å². The number of aromatic nitrogens is 1. The molecule has 1 amide bonds. The number of ether oxygens (including phenoxy) is 8. The topological polar surface area (TPSA) is 141 Å². The van der Waals surface area contributed by atoms with Gasteiger partial charge in [-0.05, 0) is 79.1 Å². The van der Waals surface area contributed by atoms with E-state index >= 15 is 0 Å². The van der Waals surface area contributed by atoms with Gasteiger partial charge in [0.2, 0.25) is 5.75 Å². The van der Waals surface area contributed by atoms with E-state index in [1.54, 1.807) is 48.7 Å². The van der Waals surface area contributed by atoms with Gasteiger partial charge in [0.1, 0.15) is 17.6 Å². The molecule has 2 heterocycles. The SMILES string of the molecule is COc1ccc2c(c1)C(=O)NC(c1ccc(OCCCCCCCCCCOc3cc(-c4cc(-c5cc(OC)c(OC)c(OC)c5)no4)ccc3OC)c(OC)c1)N2. The zero-order chi connectivity index (χ0) is 40.9. The number of nitrogens with zero attached hydrogens (tertiary/aromatic N) is 1. The highest BCUT2D eigenvalue weighted by atomic mass is 16.5. The third-order valence-electron chi connectivity index (χ3n) is 10.0. The Hall–Kier alpha value is -6.24. The van der Waals surface area contributed by atoms with Crippen molar-refractivity contribution in [2.45, 2.75) is 57.5 Å². The lowest BCUT2D eigenvalue weighted by Gasteiger charge is -2.28. The van der Waals surface area contributed by atoms with Gasteiger partial charge in [0.25, 0.3) is 5.91 Å². The van der Waals surface area contributed by atoms with E-state index in [-0.39, 0.29) is 5.91 Å². The molecule has 5 aromatic rings. The number of rotatable bonds is 22. The number of unbranched alkanes of at least 4 members (excludes halogenated alkanes) is 7. The predicted molar refractivity (Wildman–Crippen MR) is 221 cm³/mol. The van der Waals surface area contributed by atoms with Crippen LogP contribution in [-0.2, 0) is 0 Å². The molecule has 0 saturated heterocycles. The number of anilines is 1. The fourth-order valence-electron chi connectivity index (χ4n) is 6.86. The lowest BCUT2D eigenvalue weighted by molar-refractivity contribution is 0.0935. The van der Waals surface area contributed by atoms with Crippen molar-refractivity contribution in [1.82, 2.24) is 10.5 Å². The van der Waals surface area contributed by atoms with E-state index < -0.39 is 6.17 Å². The molecule has 0 aliphatic carbocycles. The first-order valence-corrected chi connectivity index (χ1v) is 19.5. The monoisotopic (exact) mass is 795 g/mol. The Labute approximate surface area is 339 Å². The Kier molecular flexibility index (Phi) is 14.5. The molecule has 1 atom stereocenters. The predicted octanol–water partition coefficient (Wildman–Crippen LogP) is 9.49. The third kappa shape index (κ3) is 10.0. The summed E-state index contributed by atoms with van der Waals surface area (Å²) in [6, 6.07) is 22.4. The molecule has 0 spiro atoms. The number of hydrogen-bond donors (Lipinski definition) is 2. The third-order valence-corrected chi connectivity index (χ3v) is 10.0. The summed E-state index contributed by atoms with van der Waals surface area (Å²) in [5, 5.41) is 10.7. The van der Waals surface area contributed by atoms with Crippen molar-refractivity contribution < 1.29 is 47.2 Å². The second-order valence-corrected chi connectivity index (χ2v) is 13.8. The molecule has 13 heteroatoms. The maximum atomic E-state index is 12.8. The zero-order valence-electron chi connectivity index (χ0n) is 34.1. The summed E-state index contributed by atoms with van der Waals surface area (Å²) in [4.78, 5) is 12.8. The van der Waals surface area contributed by atoms with Gasteiger partial charge in [-0.15, -0.1) is 0 Å². The summed E-state index contributed by atoms with van der Waals surface area (Å²) in [5.74, 6) is 5.26. The van der Waals surface area contributed by atoms with E-state index in [0.29, 0.717) is 76.2 Å². The molecule has 13 nitrogen and oxygen atoms in total. The summed E-state index contributed by atoms with van der Waals surface area (Å²) in [5.41, 5.74) is 4.38. The van der Waals surface area contributed by atoms with E-state index in [1.807, 2.05) is 66.7 Å². The summed E-state index contributed by atoms with van der Waals surface area (Å²) >= 11 is 0. The van der Waals surface area contributed by atoms with Gasteiger partial charge in [0, 0.05) is 22.9 Å². The molecule has 4 aromatic carbocycles. The average molecular weight is 796 g/mol. The van der Waals surface area contributed by atoms with Crippen molar-refractivity contribution in [3.63, 3.8) is 0 Å². The van der Waals surface area contributed by atoms with Crippen LogP contribution in [0.15, 0.2) is 77.3 Å². The van der Waals surface area contributed by atoms with Gasteiger partial charge < -0.3 is 53.1 Å². The highest BCUT2D eigenvalue weighted by molar-refractivity contribution is 6.02. The standard InChI is InChI=1S/C45H53N3O10/c1-50-32-17-18-34-33(27-32)45(49)47-44(46-34)30-16-20-37(39(24-30)52-3)56-21-13-11-9-7-8-10-12-14-22-57-40-23-29(15-19-36(40)51-2)38-28-35(48-58-38)31-25-41(53-4)43(55-6)42(26-31)54-5/h15-20,23-28,44,46H,7-14,21-22H2,1-6H3,(H,47,49). The van der Waals surface area contributed by atoms with Crippen LogP contribution in [0.4, 0.5) is 5.69 Å². The van der Waals surface area contributed by atoms with Crippen molar-refractivity contribution >= 4 is 11.6 Å². The van der Waals surface area contributed by atoms with Crippen molar-refractivity contribution in [3.8, 4) is 68.6 Å². The van der Waals surface area contributed by atoms with Crippen molar-refractivity contribution in [2.75, 3.05) is 61.2 Å². The van der Waals surface area contributed by atoms with Crippen LogP contribution in [0, 0.1) is 0 Å². The van der Waals surface area contributed by atoms with Gasteiger partial charge >= 0.3 is 0 Å². The maximum absolute atomic E-state index is 12.8. The van der Waals surface area contributed by atoms with E-state index in [1.165, 1.54) is 12.8 Å². The molecule has 308 valence electrons. The van der Waals surface area contributed by atoms with Gasteiger partial charge in [0.15, 0.2) is 40.3 Å². The number of benzene rings is 4. The Morgan fingerprint density at radius 3 is 1.81 bits per heavy atom. The fraction of sp³-hybridized carbons (Fsp3) is 0.378. The van der Waals surface area contributed by atoms with Crippen LogP contribution in [0.25, 0.3) is 22.6 Å². The summed E-state index contributed by atoms with van der Waals surface area (Å²) in [7, 11) is 9.56. The number of fused-ring (bicyclic) bond motifs is 1. The van der Waals surface area contributed by atoms with Gasteiger partial charge in [-0.1, -0.05) is 49.7 Å². The molecule has 1 aliphatic heterocycles. The number of methoxy groups -OCH3 is 6. The first kappa shape index (κ1) is 41.4. The van der Waals surface area contributed by atoms with Crippen LogP contribution in [0.2, 0.25) is 0 Å². The largest absolute Gasteiger partial charge is 0.497 e. The quantitative estimate of drug-likeness (QED) is 0.0645. The Balaban J connectivity index is 0.878. The summed E-state index contributed by atoms with van der Waals surface area (Å²) in [6.45, 7) is 1.19. The van der Waals surface area contributed by atoms with Gasteiger partial charge in [0.05, 0.1) is 61.4 Å². The molecule has 0 fully saturated rings.